The number of hydrogen-bond donors (Lipinski definition) is 2. The maximum atomic E-state index is 12.3. The van der Waals surface area contributed by atoms with Crippen molar-refractivity contribution in [1.29, 1.82) is 0 Å². The summed E-state index contributed by atoms with van der Waals surface area (Å²) in [6.45, 7) is 1.51. The maximum Gasteiger partial charge on any atom is 0.223 e. The van der Waals surface area contributed by atoms with E-state index in [1.807, 2.05) is 11.8 Å². The van der Waals surface area contributed by atoms with Crippen LogP contribution in [0.5, 0.6) is 0 Å². The highest BCUT2D eigenvalue weighted by Crippen LogP contribution is 2.38. The van der Waals surface area contributed by atoms with Crippen molar-refractivity contribution in [3.05, 3.63) is 0 Å². The minimum absolute atomic E-state index is 0.174. The maximum absolute atomic E-state index is 12.3. The van der Waals surface area contributed by atoms with Crippen LogP contribution in [0.15, 0.2) is 0 Å². The lowest BCUT2D eigenvalue weighted by Gasteiger charge is -2.36. The molecule has 2 rings (SSSR count). The van der Waals surface area contributed by atoms with Crippen LogP contribution in [0.3, 0.4) is 0 Å². The Hall–Kier alpha value is -0.220. The third-order valence-electron chi connectivity index (χ3n) is 5.08. The lowest BCUT2D eigenvalue weighted by molar-refractivity contribution is -0.126. The second kappa shape index (κ2) is 6.98. The summed E-state index contributed by atoms with van der Waals surface area (Å²) < 4.78 is 0.296. The SMILES string of the molecule is CSC1(CNC(=O)C2CCCC2CN)CCCCC1. The van der Waals surface area contributed by atoms with Crippen LogP contribution in [0.4, 0.5) is 0 Å². The molecule has 19 heavy (non-hydrogen) atoms. The molecule has 2 aliphatic carbocycles. The summed E-state index contributed by atoms with van der Waals surface area (Å²) in [5.74, 6) is 0.844. The Morgan fingerprint density at radius 1 is 1.26 bits per heavy atom. The van der Waals surface area contributed by atoms with Crippen LogP contribution in [0.25, 0.3) is 0 Å². The Balaban J connectivity index is 1.85. The van der Waals surface area contributed by atoms with E-state index in [0.29, 0.717) is 17.2 Å². The molecule has 0 aromatic heterocycles. The number of nitrogens with one attached hydrogen (secondary N) is 1. The van der Waals surface area contributed by atoms with Crippen LogP contribution >= 0.6 is 11.8 Å². The predicted octanol–water partition coefficient (Wildman–Crippen LogP) is 2.54. The van der Waals surface area contributed by atoms with Crippen LogP contribution < -0.4 is 11.1 Å². The van der Waals surface area contributed by atoms with Gasteiger partial charge in [0, 0.05) is 17.2 Å². The molecule has 2 aliphatic rings. The van der Waals surface area contributed by atoms with E-state index in [4.69, 9.17) is 5.73 Å². The zero-order valence-electron chi connectivity index (χ0n) is 12.1. The first-order chi connectivity index (χ1) is 9.21. The number of amides is 1. The molecule has 4 heteroatoms. The van der Waals surface area contributed by atoms with Gasteiger partial charge in [0.05, 0.1) is 0 Å². The largest absolute Gasteiger partial charge is 0.354 e. The summed E-state index contributed by atoms with van der Waals surface area (Å²) in [6.07, 6.45) is 12.0. The van der Waals surface area contributed by atoms with Gasteiger partial charge in [-0.2, -0.15) is 11.8 Å². The first kappa shape index (κ1) is 15.2. The molecule has 110 valence electrons. The number of hydrogen-bond acceptors (Lipinski definition) is 3. The second-order valence-corrected chi connectivity index (χ2v) is 7.47. The molecule has 2 saturated carbocycles. The molecule has 0 spiro atoms. The van der Waals surface area contributed by atoms with Crippen molar-refractivity contribution in [3.63, 3.8) is 0 Å². The third kappa shape index (κ3) is 3.66. The highest BCUT2D eigenvalue weighted by atomic mass is 32.2. The Morgan fingerprint density at radius 2 is 2.00 bits per heavy atom. The zero-order chi connectivity index (χ0) is 13.7. The quantitative estimate of drug-likeness (QED) is 0.816. The Morgan fingerprint density at radius 3 is 2.63 bits per heavy atom. The van der Waals surface area contributed by atoms with Crippen molar-refractivity contribution >= 4 is 17.7 Å². The molecule has 1 amide bonds. The molecular formula is C15H28N2OS. The Kier molecular flexibility index (Phi) is 5.58. The molecule has 0 heterocycles. The molecule has 3 nitrogen and oxygen atoms in total. The van der Waals surface area contributed by atoms with Gasteiger partial charge in [0.2, 0.25) is 5.91 Å². The van der Waals surface area contributed by atoms with Crippen molar-refractivity contribution < 1.29 is 4.79 Å². The van der Waals surface area contributed by atoms with Gasteiger partial charge in [0.1, 0.15) is 0 Å². The lowest BCUT2D eigenvalue weighted by Crippen LogP contribution is -2.44. The molecular weight excluding hydrogens is 256 g/mol. The molecule has 3 N–H and O–H groups in total. The van der Waals surface area contributed by atoms with Gasteiger partial charge in [-0.05, 0) is 44.4 Å². The molecule has 0 radical (unpaired) electrons. The van der Waals surface area contributed by atoms with Crippen molar-refractivity contribution in [2.24, 2.45) is 17.6 Å². The average Bonchev–Trinajstić information content (AvgIpc) is 2.94. The van der Waals surface area contributed by atoms with Gasteiger partial charge in [0.15, 0.2) is 0 Å². The van der Waals surface area contributed by atoms with E-state index in [9.17, 15) is 4.79 Å². The van der Waals surface area contributed by atoms with Gasteiger partial charge < -0.3 is 11.1 Å². The fourth-order valence-corrected chi connectivity index (χ4v) is 4.61. The Labute approximate surface area is 121 Å². The number of nitrogens with two attached hydrogens (primary N) is 1. The number of thioether (sulfide) groups is 1. The van der Waals surface area contributed by atoms with Gasteiger partial charge in [-0.15, -0.1) is 0 Å². The van der Waals surface area contributed by atoms with Gasteiger partial charge in [-0.3, -0.25) is 4.79 Å². The van der Waals surface area contributed by atoms with Crippen molar-refractivity contribution in [2.75, 3.05) is 19.3 Å². The highest BCUT2D eigenvalue weighted by molar-refractivity contribution is 8.00. The van der Waals surface area contributed by atoms with E-state index in [-0.39, 0.29) is 11.8 Å². The Bertz CT molecular complexity index is 303. The summed E-state index contributed by atoms with van der Waals surface area (Å²) in [5.41, 5.74) is 5.77. The average molecular weight is 284 g/mol. The standard InChI is InChI=1S/C15H28N2OS/c1-19-15(8-3-2-4-9-15)11-17-14(18)13-7-5-6-12(13)10-16/h12-13H,2-11,16H2,1H3,(H,17,18). The summed E-state index contributed by atoms with van der Waals surface area (Å²) in [7, 11) is 0. The van der Waals surface area contributed by atoms with Crippen LogP contribution in [0.1, 0.15) is 51.4 Å². The number of carbonyl (C=O) groups excluding carboxylic acids is 1. The minimum Gasteiger partial charge on any atom is -0.354 e. The van der Waals surface area contributed by atoms with Crippen molar-refractivity contribution in [1.82, 2.24) is 5.32 Å². The first-order valence-electron chi connectivity index (χ1n) is 7.74. The zero-order valence-corrected chi connectivity index (χ0v) is 12.9. The minimum atomic E-state index is 0.174. The van der Waals surface area contributed by atoms with Crippen LogP contribution in [0, 0.1) is 11.8 Å². The molecule has 2 atom stereocenters. The normalized spacial score (nSPS) is 30.2. The molecule has 0 aromatic rings. The van der Waals surface area contributed by atoms with Crippen LogP contribution in [0.2, 0.25) is 0 Å². The predicted molar refractivity (Wildman–Crippen MR) is 82.2 cm³/mol. The van der Waals surface area contributed by atoms with Gasteiger partial charge in [0.25, 0.3) is 0 Å². The van der Waals surface area contributed by atoms with E-state index in [2.05, 4.69) is 11.6 Å². The molecule has 2 unspecified atom stereocenters. The van der Waals surface area contributed by atoms with Crippen molar-refractivity contribution in [2.45, 2.75) is 56.1 Å². The fraction of sp³-hybridized carbons (Fsp3) is 0.933. The van der Waals surface area contributed by atoms with Gasteiger partial charge in [-0.25, -0.2) is 0 Å². The summed E-state index contributed by atoms with van der Waals surface area (Å²) in [4.78, 5) is 12.3. The fourth-order valence-electron chi connectivity index (χ4n) is 3.69. The molecule has 0 aliphatic heterocycles. The molecule has 0 saturated heterocycles. The molecule has 0 aromatic carbocycles. The van der Waals surface area contributed by atoms with Crippen LogP contribution in [-0.4, -0.2) is 30.0 Å². The monoisotopic (exact) mass is 284 g/mol. The van der Waals surface area contributed by atoms with E-state index >= 15 is 0 Å². The van der Waals surface area contributed by atoms with Crippen LogP contribution in [-0.2, 0) is 4.79 Å². The van der Waals surface area contributed by atoms with E-state index in [1.165, 1.54) is 32.1 Å². The second-order valence-electron chi connectivity index (χ2n) is 6.20. The molecule has 2 fully saturated rings. The first-order valence-corrected chi connectivity index (χ1v) is 8.96. The smallest absolute Gasteiger partial charge is 0.223 e. The summed E-state index contributed by atoms with van der Waals surface area (Å²) in [5, 5.41) is 3.24. The highest BCUT2D eigenvalue weighted by Gasteiger charge is 2.35. The van der Waals surface area contributed by atoms with E-state index < -0.39 is 0 Å². The lowest BCUT2D eigenvalue weighted by atomic mass is 9.87. The van der Waals surface area contributed by atoms with Gasteiger partial charge in [-0.1, -0.05) is 25.7 Å². The molecule has 0 bridgehead atoms. The summed E-state index contributed by atoms with van der Waals surface area (Å²) in [6, 6.07) is 0. The summed E-state index contributed by atoms with van der Waals surface area (Å²) >= 11 is 1.94. The van der Waals surface area contributed by atoms with E-state index in [0.717, 1.165) is 25.8 Å². The van der Waals surface area contributed by atoms with Gasteiger partial charge >= 0.3 is 0 Å². The van der Waals surface area contributed by atoms with Crippen molar-refractivity contribution in [3.8, 4) is 0 Å². The number of carbonyl (C=O) groups is 1. The third-order valence-corrected chi connectivity index (χ3v) is 6.50. The van der Waals surface area contributed by atoms with E-state index in [1.54, 1.807) is 0 Å². The number of rotatable bonds is 5. The topological polar surface area (TPSA) is 55.1 Å².